The number of carbonyl (C=O) groups excluding carboxylic acids is 2. The van der Waals surface area contributed by atoms with E-state index in [2.05, 4.69) is 11.0 Å². The lowest BCUT2D eigenvalue weighted by atomic mass is 10.0. The van der Waals surface area contributed by atoms with Gasteiger partial charge in [-0.05, 0) is 36.6 Å². The minimum absolute atomic E-state index is 0.120. The van der Waals surface area contributed by atoms with Crippen LogP contribution in [0, 0.1) is 0 Å². The highest BCUT2D eigenvalue weighted by molar-refractivity contribution is 5.96. The summed E-state index contributed by atoms with van der Waals surface area (Å²) in [6.45, 7) is 4.91. The second kappa shape index (κ2) is 9.30. The van der Waals surface area contributed by atoms with Gasteiger partial charge < -0.3 is 14.5 Å². The summed E-state index contributed by atoms with van der Waals surface area (Å²) in [4.78, 5) is 30.5. The van der Waals surface area contributed by atoms with Crippen LogP contribution < -0.4 is 9.64 Å². The molecule has 6 nitrogen and oxygen atoms in total. The fourth-order valence-electron chi connectivity index (χ4n) is 4.12. The topological polar surface area (TPSA) is 53.1 Å². The van der Waals surface area contributed by atoms with Crippen LogP contribution in [0.1, 0.15) is 28.8 Å². The number of carbonyl (C=O) groups is 2. The molecule has 0 N–H and O–H groups in total. The van der Waals surface area contributed by atoms with E-state index < -0.39 is 0 Å². The van der Waals surface area contributed by atoms with Crippen molar-refractivity contribution in [2.45, 2.75) is 19.3 Å². The first-order valence-corrected chi connectivity index (χ1v) is 10.7. The van der Waals surface area contributed by atoms with E-state index in [1.807, 2.05) is 54.4 Å². The van der Waals surface area contributed by atoms with Crippen molar-refractivity contribution in [2.75, 3.05) is 51.3 Å². The second-order valence-electron chi connectivity index (χ2n) is 7.95. The van der Waals surface area contributed by atoms with Gasteiger partial charge in [0.2, 0.25) is 5.91 Å². The third-order valence-corrected chi connectivity index (χ3v) is 5.97. The molecule has 0 aromatic heterocycles. The number of aryl methyl sites for hydroxylation is 1. The minimum Gasteiger partial charge on any atom is -0.493 e. The number of hydrogen-bond donors (Lipinski definition) is 0. The van der Waals surface area contributed by atoms with Crippen LogP contribution in [-0.4, -0.2) is 68.0 Å². The third kappa shape index (κ3) is 4.65. The first-order chi connectivity index (χ1) is 14.6. The zero-order valence-electron chi connectivity index (χ0n) is 17.5. The first-order valence-electron chi connectivity index (χ1n) is 10.7. The van der Waals surface area contributed by atoms with Crippen molar-refractivity contribution in [1.29, 1.82) is 0 Å². The molecule has 0 radical (unpaired) electrons. The molecule has 2 heterocycles. The van der Waals surface area contributed by atoms with Gasteiger partial charge in [-0.25, -0.2) is 0 Å². The second-order valence-corrected chi connectivity index (χ2v) is 7.95. The van der Waals surface area contributed by atoms with Crippen LogP contribution in [0.2, 0.25) is 0 Å². The molecular formula is C24H29N3O3. The third-order valence-electron chi connectivity index (χ3n) is 5.97. The molecule has 0 bridgehead atoms. The maximum absolute atomic E-state index is 12.5. The Bertz CT molecular complexity index is 892. The van der Waals surface area contributed by atoms with Gasteiger partial charge in [-0.3, -0.25) is 14.5 Å². The molecule has 2 aliphatic heterocycles. The molecule has 0 unspecified atom stereocenters. The molecule has 30 heavy (non-hydrogen) atoms. The highest BCUT2D eigenvalue weighted by atomic mass is 16.5. The predicted octanol–water partition coefficient (Wildman–Crippen LogP) is 2.82. The number of benzene rings is 2. The van der Waals surface area contributed by atoms with Gasteiger partial charge in [-0.2, -0.15) is 0 Å². The maximum Gasteiger partial charge on any atom is 0.253 e. The van der Waals surface area contributed by atoms with Crippen molar-refractivity contribution in [3.8, 4) is 5.75 Å². The van der Waals surface area contributed by atoms with Crippen molar-refractivity contribution >= 4 is 17.5 Å². The fraction of sp³-hybridized carbons (Fsp3) is 0.417. The van der Waals surface area contributed by atoms with E-state index in [0.29, 0.717) is 13.0 Å². The molecule has 2 amide bonds. The van der Waals surface area contributed by atoms with Crippen LogP contribution in [-0.2, 0) is 11.2 Å². The van der Waals surface area contributed by atoms with E-state index in [0.717, 1.165) is 62.6 Å². The first kappa shape index (κ1) is 20.4. The van der Waals surface area contributed by atoms with E-state index in [1.54, 1.807) is 4.90 Å². The lowest BCUT2D eigenvalue weighted by Crippen LogP contribution is -2.49. The smallest absolute Gasteiger partial charge is 0.253 e. The van der Waals surface area contributed by atoms with Crippen molar-refractivity contribution in [3.05, 3.63) is 59.7 Å². The number of amides is 2. The summed E-state index contributed by atoms with van der Waals surface area (Å²) >= 11 is 0. The van der Waals surface area contributed by atoms with E-state index in [9.17, 15) is 9.59 Å². The lowest BCUT2D eigenvalue weighted by Gasteiger charge is -2.34. The van der Waals surface area contributed by atoms with Crippen molar-refractivity contribution in [3.63, 3.8) is 0 Å². The Morgan fingerprint density at radius 1 is 1.00 bits per heavy atom. The van der Waals surface area contributed by atoms with E-state index in [4.69, 9.17) is 4.74 Å². The molecule has 0 saturated carbocycles. The van der Waals surface area contributed by atoms with E-state index in [-0.39, 0.29) is 11.8 Å². The Balaban J connectivity index is 1.19. The summed E-state index contributed by atoms with van der Waals surface area (Å²) in [7, 11) is 1.83. The lowest BCUT2D eigenvalue weighted by molar-refractivity contribution is -0.118. The number of piperazine rings is 1. The number of nitrogens with zero attached hydrogens (tertiary/aromatic N) is 3. The molecule has 2 aromatic rings. The molecule has 0 spiro atoms. The molecule has 158 valence electrons. The van der Waals surface area contributed by atoms with Gasteiger partial charge in [-0.15, -0.1) is 0 Å². The minimum atomic E-state index is 0.120. The van der Waals surface area contributed by atoms with Crippen LogP contribution in [0.3, 0.4) is 0 Å². The molecule has 0 aliphatic carbocycles. The van der Waals surface area contributed by atoms with Crippen molar-refractivity contribution < 1.29 is 14.3 Å². The molecular weight excluding hydrogens is 378 g/mol. The fourth-order valence-corrected chi connectivity index (χ4v) is 4.12. The average Bonchev–Trinajstić information content (AvgIpc) is 2.80. The molecule has 2 aliphatic rings. The number of fused-ring (bicyclic) bond motifs is 1. The summed E-state index contributed by atoms with van der Waals surface area (Å²) in [5.74, 6) is 1.09. The van der Waals surface area contributed by atoms with Crippen LogP contribution in [0.4, 0.5) is 5.69 Å². The summed E-state index contributed by atoms with van der Waals surface area (Å²) in [5.41, 5.74) is 2.92. The standard InChI is InChI=1S/C24H29N3O3/c1-25-22-18-21(10-8-19(22)9-11-23(25)28)30-17-5-12-26-13-15-27(16-14-26)24(29)20-6-3-2-4-7-20/h2-4,6-8,10,18H,5,9,11-17H2,1H3. The zero-order valence-corrected chi connectivity index (χ0v) is 17.5. The Morgan fingerprint density at radius 3 is 2.53 bits per heavy atom. The highest BCUT2D eigenvalue weighted by Gasteiger charge is 2.22. The Labute approximate surface area is 178 Å². The van der Waals surface area contributed by atoms with Crippen LogP contribution >= 0.6 is 0 Å². The molecule has 2 aromatic carbocycles. The van der Waals surface area contributed by atoms with Crippen molar-refractivity contribution in [2.24, 2.45) is 0 Å². The van der Waals surface area contributed by atoms with Gasteiger partial charge in [0, 0.05) is 57.8 Å². The monoisotopic (exact) mass is 407 g/mol. The van der Waals surface area contributed by atoms with Crippen LogP contribution in [0.5, 0.6) is 5.75 Å². The van der Waals surface area contributed by atoms with Gasteiger partial charge in [0.1, 0.15) is 5.75 Å². The molecule has 0 atom stereocenters. The summed E-state index contributed by atoms with van der Waals surface area (Å²) in [6, 6.07) is 15.5. The van der Waals surface area contributed by atoms with Crippen LogP contribution in [0.25, 0.3) is 0 Å². The number of hydrogen-bond acceptors (Lipinski definition) is 4. The number of anilines is 1. The molecule has 4 rings (SSSR count). The van der Waals surface area contributed by atoms with E-state index >= 15 is 0 Å². The zero-order chi connectivity index (χ0) is 20.9. The Hall–Kier alpha value is -2.86. The summed E-state index contributed by atoms with van der Waals surface area (Å²) in [5, 5.41) is 0. The summed E-state index contributed by atoms with van der Waals surface area (Å²) < 4.78 is 5.93. The molecule has 1 saturated heterocycles. The quantitative estimate of drug-likeness (QED) is 0.691. The number of ether oxygens (including phenoxy) is 1. The Morgan fingerprint density at radius 2 is 1.77 bits per heavy atom. The SMILES string of the molecule is CN1C(=O)CCc2ccc(OCCCN3CCN(C(=O)c4ccccc4)CC3)cc21. The molecule has 6 heteroatoms. The average molecular weight is 408 g/mol. The Kier molecular flexibility index (Phi) is 6.33. The van der Waals surface area contributed by atoms with Crippen molar-refractivity contribution in [1.82, 2.24) is 9.80 Å². The normalized spacial score (nSPS) is 17.0. The van der Waals surface area contributed by atoms with Gasteiger partial charge >= 0.3 is 0 Å². The highest BCUT2D eigenvalue weighted by Crippen LogP contribution is 2.30. The van der Waals surface area contributed by atoms with Gasteiger partial charge in [0.25, 0.3) is 5.91 Å². The maximum atomic E-state index is 12.5. The largest absolute Gasteiger partial charge is 0.493 e. The van der Waals surface area contributed by atoms with E-state index in [1.165, 1.54) is 5.56 Å². The van der Waals surface area contributed by atoms with Gasteiger partial charge in [0.15, 0.2) is 0 Å². The number of rotatable bonds is 6. The van der Waals surface area contributed by atoms with Crippen LogP contribution in [0.15, 0.2) is 48.5 Å². The summed E-state index contributed by atoms with van der Waals surface area (Å²) in [6.07, 6.45) is 2.31. The van der Waals surface area contributed by atoms with Gasteiger partial charge in [-0.1, -0.05) is 24.3 Å². The molecule has 1 fully saturated rings. The predicted molar refractivity (Wildman–Crippen MR) is 117 cm³/mol. The van der Waals surface area contributed by atoms with Gasteiger partial charge in [0.05, 0.1) is 12.3 Å².